The maximum absolute atomic E-state index is 12.5. The highest BCUT2D eigenvalue weighted by atomic mass is 32.1. The third kappa shape index (κ3) is 4.42. The summed E-state index contributed by atoms with van der Waals surface area (Å²) in [5.74, 6) is 1.36. The Morgan fingerprint density at radius 2 is 2.07 bits per heavy atom. The lowest BCUT2D eigenvalue weighted by Gasteiger charge is -2.29. The van der Waals surface area contributed by atoms with E-state index in [0.717, 1.165) is 29.8 Å². The Kier molecular flexibility index (Phi) is 5.27. The zero-order valence-electron chi connectivity index (χ0n) is 16.5. The van der Waals surface area contributed by atoms with E-state index in [-0.39, 0.29) is 11.8 Å². The molecule has 0 saturated carbocycles. The van der Waals surface area contributed by atoms with Gasteiger partial charge in [-0.05, 0) is 60.1 Å². The predicted octanol–water partition coefficient (Wildman–Crippen LogP) is 3.17. The number of rotatable bonds is 3. The van der Waals surface area contributed by atoms with E-state index in [1.807, 2.05) is 30.9 Å². The van der Waals surface area contributed by atoms with Gasteiger partial charge < -0.3 is 10.2 Å². The van der Waals surface area contributed by atoms with Crippen LogP contribution in [0, 0.1) is 5.41 Å². The monoisotopic (exact) mass is 409 g/mol. The van der Waals surface area contributed by atoms with E-state index in [4.69, 9.17) is 0 Å². The molecule has 2 aliphatic rings. The van der Waals surface area contributed by atoms with E-state index in [2.05, 4.69) is 19.7 Å². The molecular formula is C21H23N5O2S. The number of pyridine rings is 1. The van der Waals surface area contributed by atoms with Crippen molar-refractivity contribution in [1.82, 2.24) is 19.2 Å². The minimum absolute atomic E-state index is 0.00202. The van der Waals surface area contributed by atoms with Crippen molar-refractivity contribution in [2.75, 3.05) is 18.4 Å². The molecule has 4 heterocycles. The number of piperidine rings is 1. The van der Waals surface area contributed by atoms with Crippen LogP contribution < -0.4 is 5.32 Å². The highest BCUT2D eigenvalue weighted by Crippen LogP contribution is 2.32. The number of carbonyl (C=O) groups excluding carboxylic acids is 2. The Morgan fingerprint density at radius 1 is 1.28 bits per heavy atom. The van der Waals surface area contributed by atoms with Gasteiger partial charge in [0.25, 0.3) is 0 Å². The zero-order valence-corrected chi connectivity index (χ0v) is 17.3. The third-order valence-electron chi connectivity index (χ3n) is 5.31. The summed E-state index contributed by atoms with van der Waals surface area (Å²) >= 11 is 1.34. The lowest BCUT2D eigenvalue weighted by Crippen LogP contribution is -2.37. The summed E-state index contributed by atoms with van der Waals surface area (Å²) in [7, 11) is 0. The average molecular weight is 410 g/mol. The van der Waals surface area contributed by atoms with Gasteiger partial charge in [-0.2, -0.15) is 4.37 Å². The van der Waals surface area contributed by atoms with Crippen LogP contribution in [-0.2, 0) is 16.0 Å². The number of carbonyl (C=O) groups is 2. The largest absolute Gasteiger partial charge is 0.339 e. The number of fused-ring (bicyclic) bond motifs is 1. The molecule has 4 rings (SSSR count). The number of aromatic nitrogens is 3. The van der Waals surface area contributed by atoms with Crippen LogP contribution in [0.5, 0.6) is 0 Å². The van der Waals surface area contributed by atoms with E-state index in [0.29, 0.717) is 25.3 Å². The molecule has 0 aliphatic carbocycles. The fourth-order valence-corrected chi connectivity index (χ4v) is 3.97. The quantitative estimate of drug-likeness (QED) is 0.787. The van der Waals surface area contributed by atoms with Gasteiger partial charge >= 0.3 is 0 Å². The second-order valence-electron chi connectivity index (χ2n) is 8.04. The molecule has 0 aromatic carbocycles. The first-order valence-electron chi connectivity index (χ1n) is 9.64. The van der Waals surface area contributed by atoms with Crippen molar-refractivity contribution in [3.63, 3.8) is 0 Å². The second kappa shape index (κ2) is 7.87. The van der Waals surface area contributed by atoms with Crippen LogP contribution >= 0.6 is 11.5 Å². The first-order chi connectivity index (χ1) is 13.9. The summed E-state index contributed by atoms with van der Waals surface area (Å²) in [5.41, 5.74) is 4.39. The molecule has 1 saturated heterocycles. The number of nitrogens with zero attached hydrogens (tertiary/aromatic N) is 4. The van der Waals surface area contributed by atoms with Crippen LogP contribution in [0.1, 0.15) is 43.6 Å². The molecule has 0 bridgehead atoms. The fraction of sp³-hybridized carbons (Fsp3) is 0.381. The van der Waals surface area contributed by atoms with E-state index in [9.17, 15) is 9.59 Å². The van der Waals surface area contributed by atoms with E-state index >= 15 is 0 Å². The smallest absolute Gasteiger partial charge is 0.246 e. The third-order valence-corrected chi connectivity index (χ3v) is 5.81. The first-order valence-corrected chi connectivity index (χ1v) is 10.5. The van der Waals surface area contributed by atoms with Crippen LogP contribution in [0.25, 0.3) is 12.2 Å². The van der Waals surface area contributed by atoms with Gasteiger partial charge in [0.15, 0.2) is 5.82 Å². The van der Waals surface area contributed by atoms with Gasteiger partial charge in [-0.3, -0.25) is 9.59 Å². The first kappa shape index (κ1) is 19.4. The highest BCUT2D eigenvalue weighted by molar-refractivity contribution is 7.03. The Balaban J connectivity index is 1.37. The van der Waals surface area contributed by atoms with Crippen molar-refractivity contribution in [2.45, 2.75) is 33.1 Å². The molecule has 2 aliphatic heterocycles. The molecule has 2 aromatic rings. The number of likely N-dealkylation sites (tertiary alicyclic amines) is 1. The Labute approximate surface area is 173 Å². The molecule has 1 N–H and O–H groups in total. The predicted molar refractivity (Wildman–Crippen MR) is 113 cm³/mol. The van der Waals surface area contributed by atoms with Crippen molar-refractivity contribution in [3.05, 3.63) is 46.4 Å². The summed E-state index contributed by atoms with van der Waals surface area (Å²) in [5, 5.41) is 2.85. The lowest BCUT2D eigenvalue weighted by atomic mass is 9.82. The molecule has 0 unspecified atom stereocenters. The maximum Gasteiger partial charge on any atom is 0.246 e. The van der Waals surface area contributed by atoms with Gasteiger partial charge in [-0.15, -0.1) is 0 Å². The summed E-state index contributed by atoms with van der Waals surface area (Å²) in [6.07, 6.45) is 9.41. The van der Waals surface area contributed by atoms with Gasteiger partial charge in [-0.25, -0.2) is 9.97 Å². The van der Waals surface area contributed by atoms with Gasteiger partial charge in [0.2, 0.25) is 11.8 Å². The molecular weight excluding hydrogens is 386 g/mol. The van der Waals surface area contributed by atoms with Crippen LogP contribution in [0.15, 0.2) is 29.4 Å². The van der Waals surface area contributed by atoms with Crippen LogP contribution in [0.2, 0.25) is 0 Å². The second-order valence-corrected chi connectivity index (χ2v) is 8.65. The van der Waals surface area contributed by atoms with Gasteiger partial charge in [0, 0.05) is 30.8 Å². The molecule has 7 nitrogen and oxygen atoms in total. The van der Waals surface area contributed by atoms with Gasteiger partial charge in [0.05, 0.1) is 0 Å². The Hall–Kier alpha value is -2.87. The van der Waals surface area contributed by atoms with Crippen molar-refractivity contribution in [1.29, 1.82) is 0 Å². The van der Waals surface area contributed by atoms with E-state index < -0.39 is 5.41 Å². The molecule has 0 atom stereocenters. The minimum Gasteiger partial charge on any atom is -0.339 e. The maximum atomic E-state index is 12.5. The molecule has 2 aromatic heterocycles. The van der Waals surface area contributed by atoms with Crippen LogP contribution in [0.3, 0.4) is 0 Å². The van der Waals surface area contributed by atoms with Gasteiger partial charge in [0.1, 0.15) is 11.3 Å². The van der Waals surface area contributed by atoms with E-state index in [1.165, 1.54) is 17.1 Å². The summed E-state index contributed by atoms with van der Waals surface area (Å²) in [6.45, 7) is 5.23. The van der Waals surface area contributed by atoms with E-state index in [1.54, 1.807) is 23.9 Å². The molecule has 1 fully saturated rings. The molecule has 0 spiro atoms. The van der Waals surface area contributed by atoms with Crippen molar-refractivity contribution in [2.24, 2.45) is 5.41 Å². The Bertz CT molecular complexity index is 985. The fourth-order valence-electron chi connectivity index (χ4n) is 3.56. The van der Waals surface area contributed by atoms with Crippen molar-refractivity contribution < 1.29 is 9.59 Å². The molecule has 8 heteroatoms. The normalized spacial score (nSPS) is 18.5. The number of anilines is 1. The molecule has 29 heavy (non-hydrogen) atoms. The topological polar surface area (TPSA) is 88.1 Å². The van der Waals surface area contributed by atoms with Crippen LogP contribution in [0.4, 0.5) is 5.82 Å². The Morgan fingerprint density at radius 3 is 2.79 bits per heavy atom. The molecule has 0 radical (unpaired) electrons. The standard InChI is InChI=1S/C21H23N5O2S/c1-21(2)11-16-9-15(12-22-19(16)24-20(21)28)3-4-18(27)26-7-5-14(6-8-26)10-17-23-13-29-25-17/h3-4,9-10,12-13H,5-8,11H2,1-2H3,(H,22,24,28). The van der Waals surface area contributed by atoms with Crippen molar-refractivity contribution in [3.8, 4) is 0 Å². The number of hydrogen-bond donors (Lipinski definition) is 1. The summed E-state index contributed by atoms with van der Waals surface area (Å²) in [6, 6.07) is 1.99. The highest BCUT2D eigenvalue weighted by Gasteiger charge is 2.34. The molecule has 150 valence electrons. The van der Waals surface area contributed by atoms with Gasteiger partial charge in [-0.1, -0.05) is 19.4 Å². The number of amides is 2. The van der Waals surface area contributed by atoms with Crippen molar-refractivity contribution >= 4 is 41.3 Å². The molecule has 2 amide bonds. The zero-order chi connectivity index (χ0) is 20.4. The summed E-state index contributed by atoms with van der Waals surface area (Å²) in [4.78, 5) is 35.0. The average Bonchev–Trinajstić information content (AvgIpc) is 3.20. The summed E-state index contributed by atoms with van der Waals surface area (Å²) < 4.78 is 4.20. The minimum atomic E-state index is -0.458. The SMILES string of the molecule is CC1(C)Cc2cc(C=CC(=O)N3CCC(=Cc4ncsn4)CC3)cnc2NC1=O. The lowest BCUT2D eigenvalue weighted by molar-refractivity contribution is -0.126. The van der Waals surface area contributed by atoms with Crippen LogP contribution in [-0.4, -0.2) is 44.1 Å². The number of nitrogens with one attached hydrogen (secondary N) is 1. The number of hydrogen-bond acceptors (Lipinski definition) is 6.